The molecule has 1 aromatic carbocycles. The number of aliphatic hydroxyl groups excluding tert-OH is 1. The zero-order chi connectivity index (χ0) is 10.8. The van der Waals surface area contributed by atoms with Crippen LogP contribution >= 0.6 is 0 Å². The Morgan fingerprint density at radius 3 is 3.00 bits per heavy atom. The second kappa shape index (κ2) is 3.65. The van der Waals surface area contributed by atoms with Crippen LogP contribution in [0.25, 0.3) is 5.76 Å². The van der Waals surface area contributed by atoms with E-state index in [9.17, 15) is 9.90 Å². The van der Waals surface area contributed by atoms with Gasteiger partial charge in [0.25, 0.3) is 0 Å². The Kier molecular flexibility index (Phi) is 2.33. The number of rotatable bonds is 1. The smallest absolute Gasteiger partial charge is 0.196 e. The molecule has 0 bridgehead atoms. The summed E-state index contributed by atoms with van der Waals surface area (Å²) in [6, 6.07) is 5.00. The fourth-order valence-corrected chi connectivity index (χ4v) is 1.38. The third kappa shape index (κ3) is 1.79. The number of carbonyl (C=O) groups is 1. The molecule has 15 heavy (non-hydrogen) atoms. The summed E-state index contributed by atoms with van der Waals surface area (Å²) in [7, 11) is 1.53. The van der Waals surface area contributed by atoms with Gasteiger partial charge in [0.2, 0.25) is 0 Å². The van der Waals surface area contributed by atoms with Crippen LogP contribution in [-0.2, 0) is 4.79 Å². The molecule has 78 valence electrons. The minimum absolute atomic E-state index is 0.0522. The molecule has 0 saturated carbocycles. The van der Waals surface area contributed by atoms with Crippen LogP contribution in [0.3, 0.4) is 0 Å². The topological polar surface area (TPSA) is 55.8 Å². The van der Waals surface area contributed by atoms with Gasteiger partial charge in [0.15, 0.2) is 12.4 Å². The summed E-state index contributed by atoms with van der Waals surface area (Å²) in [5, 5.41) is 9.64. The summed E-state index contributed by atoms with van der Waals surface area (Å²) in [6.07, 6.45) is 1.16. The fraction of sp³-hybridized carbons (Fsp3) is 0.182. The molecule has 0 unspecified atom stereocenters. The molecule has 0 radical (unpaired) electrons. The van der Waals surface area contributed by atoms with E-state index < -0.39 is 0 Å². The van der Waals surface area contributed by atoms with Crippen molar-refractivity contribution in [3.8, 4) is 11.5 Å². The lowest BCUT2D eigenvalue weighted by molar-refractivity contribution is -0.116. The van der Waals surface area contributed by atoms with Crippen molar-refractivity contribution >= 4 is 11.5 Å². The Hall–Kier alpha value is -1.97. The summed E-state index contributed by atoms with van der Waals surface area (Å²) in [4.78, 5) is 11.1. The molecule has 0 fully saturated rings. The molecule has 4 heteroatoms. The van der Waals surface area contributed by atoms with E-state index in [1.165, 1.54) is 7.11 Å². The molecule has 1 aliphatic rings. The monoisotopic (exact) mass is 206 g/mol. The van der Waals surface area contributed by atoms with Crippen LogP contribution in [0.5, 0.6) is 11.5 Å². The van der Waals surface area contributed by atoms with Crippen molar-refractivity contribution < 1.29 is 19.4 Å². The highest BCUT2D eigenvalue weighted by Gasteiger charge is 2.16. The molecule has 0 amide bonds. The van der Waals surface area contributed by atoms with Crippen LogP contribution in [0.1, 0.15) is 5.56 Å². The summed E-state index contributed by atoms with van der Waals surface area (Å²) in [5.74, 6) is 0.733. The quantitative estimate of drug-likeness (QED) is 0.757. The minimum Gasteiger partial charge on any atom is -0.507 e. The lowest BCUT2D eigenvalue weighted by Crippen LogP contribution is -2.06. The highest BCUT2D eigenvalue weighted by atomic mass is 16.5. The number of hydrogen-bond acceptors (Lipinski definition) is 4. The van der Waals surface area contributed by atoms with Gasteiger partial charge in [-0.25, -0.2) is 0 Å². The first-order valence-corrected chi connectivity index (χ1v) is 4.45. The Labute approximate surface area is 86.7 Å². The van der Waals surface area contributed by atoms with Gasteiger partial charge in [0, 0.05) is 6.08 Å². The van der Waals surface area contributed by atoms with Crippen LogP contribution < -0.4 is 9.47 Å². The van der Waals surface area contributed by atoms with E-state index >= 15 is 0 Å². The summed E-state index contributed by atoms with van der Waals surface area (Å²) in [5.41, 5.74) is 0.472. The third-order valence-corrected chi connectivity index (χ3v) is 2.13. The molecule has 0 aromatic heterocycles. The van der Waals surface area contributed by atoms with E-state index in [0.29, 0.717) is 17.1 Å². The normalized spacial score (nSPS) is 14.7. The Morgan fingerprint density at radius 2 is 2.27 bits per heavy atom. The third-order valence-electron chi connectivity index (χ3n) is 2.13. The highest BCUT2D eigenvalue weighted by Crippen LogP contribution is 2.30. The van der Waals surface area contributed by atoms with Crippen LogP contribution in [0.15, 0.2) is 24.3 Å². The number of aliphatic hydroxyl groups is 1. The number of methoxy groups -OCH3 is 1. The fourth-order valence-electron chi connectivity index (χ4n) is 1.38. The van der Waals surface area contributed by atoms with Crippen molar-refractivity contribution in [2.75, 3.05) is 13.7 Å². The number of ether oxygens (including phenoxy) is 2. The standard InChI is InChI=1S/C11H10O4/c1-14-8-2-3-11-9(5-8)10(13)4-7(12)6-15-11/h2-5,13H,6H2,1H3. The van der Waals surface area contributed by atoms with Crippen LogP contribution in [0.4, 0.5) is 0 Å². The average Bonchev–Trinajstić information content (AvgIpc) is 2.38. The number of ketones is 1. The summed E-state index contributed by atoms with van der Waals surface area (Å²) < 4.78 is 10.2. The van der Waals surface area contributed by atoms with Gasteiger partial charge in [-0.2, -0.15) is 0 Å². The van der Waals surface area contributed by atoms with E-state index in [-0.39, 0.29) is 18.1 Å². The van der Waals surface area contributed by atoms with Crippen molar-refractivity contribution in [3.63, 3.8) is 0 Å². The van der Waals surface area contributed by atoms with Gasteiger partial charge in [-0.1, -0.05) is 0 Å². The van der Waals surface area contributed by atoms with Gasteiger partial charge >= 0.3 is 0 Å². The Morgan fingerprint density at radius 1 is 1.47 bits per heavy atom. The Balaban J connectivity index is 2.52. The summed E-state index contributed by atoms with van der Waals surface area (Å²) in [6.45, 7) is -0.0522. The largest absolute Gasteiger partial charge is 0.507 e. The van der Waals surface area contributed by atoms with Crippen LogP contribution in [-0.4, -0.2) is 24.6 Å². The van der Waals surface area contributed by atoms with Crippen molar-refractivity contribution in [1.82, 2.24) is 0 Å². The molecule has 1 heterocycles. The molecule has 1 aromatic rings. The molecular weight excluding hydrogens is 196 g/mol. The second-order valence-electron chi connectivity index (χ2n) is 3.15. The minimum atomic E-state index is -0.261. The van der Waals surface area contributed by atoms with Crippen LogP contribution in [0, 0.1) is 0 Å². The number of benzene rings is 1. The van der Waals surface area contributed by atoms with Gasteiger partial charge in [-0.3, -0.25) is 4.79 Å². The maximum Gasteiger partial charge on any atom is 0.196 e. The van der Waals surface area contributed by atoms with Gasteiger partial charge in [0.05, 0.1) is 12.7 Å². The first-order chi connectivity index (χ1) is 7.20. The molecule has 0 saturated heterocycles. The molecule has 0 atom stereocenters. The van der Waals surface area contributed by atoms with Gasteiger partial charge in [0.1, 0.15) is 17.3 Å². The molecule has 0 aliphatic carbocycles. The highest BCUT2D eigenvalue weighted by molar-refractivity contribution is 5.98. The molecule has 1 N–H and O–H groups in total. The molecular formula is C11H10O4. The van der Waals surface area contributed by atoms with Gasteiger partial charge in [-0.15, -0.1) is 0 Å². The predicted octanol–water partition coefficient (Wildman–Crippen LogP) is 1.56. The van der Waals surface area contributed by atoms with E-state index in [2.05, 4.69) is 0 Å². The van der Waals surface area contributed by atoms with Gasteiger partial charge < -0.3 is 14.6 Å². The molecule has 1 aliphatic heterocycles. The maximum atomic E-state index is 11.1. The molecule has 4 nitrogen and oxygen atoms in total. The first kappa shape index (κ1) is 9.58. The van der Waals surface area contributed by atoms with Crippen molar-refractivity contribution in [3.05, 3.63) is 29.8 Å². The molecule has 0 spiro atoms. The van der Waals surface area contributed by atoms with Gasteiger partial charge in [-0.05, 0) is 18.2 Å². The average molecular weight is 206 g/mol. The van der Waals surface area contributed by atoms with Crippen molar-refractivity contribution in [2.45, 2.75) is 0 Å². The lowest BCUT2D eigenvalue weighted by atomic mass is 10.1. The summed E-state index contributed by atoms with van der Waals surface area (Å²) >= 11 is 0. The number of carbonyl (C=O) groups excluding carboxylic acids is 1. The SMILES string of the molecule is COc1ccc2c(c1)C(O)=CC(=O)CO2. The predicted molar refractivity (Wildman–Crippen MR) is 54.1 cm³/mol. The van der Waals surface area contributed by atoms with E-state index in [0.717, 1.165) is 6.08 Å². The van der Waals surface area contributed by atoms with Crippen molar-refractivity contribution in [2.24, 2.45) is 0 Å². The Bertz CT molecular complexity index is 434. The number of hydrogen-bond donors (Lipinski definition) is 1. The van der Waals surface area contributed by atoms with E-state index in [4.69, 9.17) is 9.47 Å². The molecule has 2 rings (SSSR count). The zero-order valence-corrected chi connectivity index (χ0v) is 8.19. The van der Waals surface area contributed by atoms with Crippen LogP contribution in [0.2, 0.25) is 0 Å². The zero-order valence-electron chi connectivity index (χ0n) is 8.19. The second-order valence-corrected chi connectivity index (χ2v) is 3.15. The van der Waals surface area contributed by atoms with Crippen molar-refractivity contribution in [1.29, 1.82) is 0 Å². The van der Waals surface area contributed by atoms with E-state index in [1.807, 2.05) is 0 Å². The lowest BCUT2D eigenvalue weighted by Gasteiger charge is -2.08. The first-order valence-electron chi connectivity index (χ1n) is 4.45. The van der Waals surface area contributed by atoms with E-state index in [1.54, 1.807) is 18.2 Å². The number of fused-ring (bicyclic) bond motifs is 1. The maximum absolute atomic E-state index is 11.1.